The van der Waals surface area contributed by atoms with Gasteiger partial charge in [-0.1, -0.05) is 30.0 Å². The van der Waals surface area contributed by atoms with Gasteiger partial charge in [0.05, 0.1) is 0 Å². The number of nitrogens with one attached hydrogen (secondary N) is 1. The number of benzene rings is 1. The van der Waals surface area contributed by atoms with Crippen LogP contribution in [0, 0.1) is 17.8 Å². The quantitative estimate of drug-likeness (QED) is 0.585. The average molecular weight is 171 g/mol. The van der Waals surface area contributed by atoms with Gasteiger partial charge in [0.15, 0.2) is 0 Å². The smallest absolute Gasteiger partial charge is 0.0343 e. The summed E-state index contributed by atoms with van der Waals surface area (Å²) < 4.78 is 0. The molecular formula is C12H13N. The van der Waals surface area contributed by atoms with Crippen molar-refractivity contribution in [1.82, 2.24) is 5.32 Å². The van der Waals surface area contributed by atoms with E-state index in [0.717, 1.165) is 18.7 Å². The molecule has 66 valence electrons. The predicted octanol–water partition coefficient (Wildman–Crippen LogP) is 1.65. The summed E-state index contributed by atoms with van der Waals surface area (Å²) in [6.45, 7) is 2.17. The second-order valence-corrected chi connectivity index (χ2v) is 3.33. The summed E-state index contributed by atoms with van der Waals surface area (Å²) in [5, 5.41) is 3.31. The summed E-state index contributed by atoms with van der Waals surface area (Å²) in [4.78, 5) is 0. The fourth-order valence-electron chi connectivity index (χ4n) is 1.48. The maximum atomic E-state index is 3.31. The maximum Gasteiger partial charge on any atom is 0.0343 e. The van der Waals surface area contributed by atoms with Crippen molar-refractivity contribution < 1.29 is 0 Å². The normalized spacial score (nSPS) is 20.8. The summed E-state index contributed by atoms with van der Waals surface area (Å²) in [6.07, 6.45) is 1.19. The van der Waals surface area contributed by atoms with Crippen molar-refractivity contribution in [1.29, 1.82) is 0 Å². The molecule has 2 rings (SSSR count). The molecule has 1 aromatic rings. The van der Waals surface area contributed by atoms with Crippen LogP contribution in [0.1, 0.15) is 12.0 Å². The SMILES string of the molecule is C(#CC1CCNC1)c1ccccc1. The molecule has 0 aliphatic carbocycles. The minimum absolute atomic E-state index is 0.556. The molecule has 0 spiro atoms. The zero-order valence-electron chi connectivity index (χ0n) is 7.59. The van der Waals surface area contributed by atoms with Gasteiger partial charge in [0.25, 0.3) is 0 Å². The fourth-order valence-corrected chi connectivity index (χ4v) is 1.48. The molecule has 1 unspecified atom stereocenters. The molecule has 1 aromatic carbocycles. The molecule has 0 radical (unpaired) electrons. The van der Waals surface area contributed by atoms with E-state index in [1.807, 2.05) is 18.2 Å². The highest BCUT2D eigenvalue weighted by Gasteiger charge is 2.10. The van der Waals surface area contributed by atoms with Gasteiger partial charge >= 0.3 is 0 Å². The highest BCUT2D eigenvalue weighted by Crippen LogP contribution is 2.05. The van der Waals surface area contributed by atoms with Gasteiger partial charge in [-0.3, -0.25) is 0 Å². The van der Waals surface area contributed by atoms with E-state index in [0.29, 0.717) is 5.92 Å². The molecule has 1 fully saturated rings. The van der Waals surface area contributed by atoms with Crippen LogP contribution in [-0.2, 0) is 0 Å². The van der Waals surface area contributed by atoms with Crippen LogP contribution < -0.4 is 5.32 Å². The Labute approximate surface area is 79.2 Å². The van der Waals surface area contributed by atoms with Crippen molar-refractivity contribution in [2.24, 2.45) is 5.92 Å². The van der Waals surface area contributed by atoms with Gasteiger partial charge in [0.1, 0.15) is 0 Å². The molecule has 0 bridgehead atoms. The van der Waals surface area contributed by atoms with Crippen LogP contribution in [0.5, 0.6) is 0 Å². The van der Waals surface area contributed by atoms with E-state index in [4.69, 9.17) is 0 Å². The van der Waals surface area contributed by atoms with E-state index in [1.54, 1.807) is 0 Å². The first-order chi connectivity index (χ1) is 6.45. The molecule has 0 aromatic heterocycles. The largest absolute Gasteiger partial charge is 0.315 e. The Morgan fingerprint density at radius 2 is 2.08 bits per heavy atom. The van der Waals surface area contributed by atoms with Gasteiger partial charge in [-0.2, -0.15) is 0 Å². The van der Waals surface area contributed by atoms with Gasteiger partial charge in [0.2, 0.25) is 0 Å². The van der Waals surface area contributed by atoms with Gasteiger partial charge in [-0.05, 0) is 25.1 Å². The van der Waals surface area contributed by atoms with Crippen LogP contribution >= 0.6 is 0 Å². The second kappa shape index (κ2) is 4.11. The standard InChI is InChI=1S/C12H13N/c1-2-4-11(5-3-1)6-7-12-8-9-13-10-12/h1-5,12-13H,8-10H2. The Morgan fingerprint density at radius 3 is 2.77 bits per heavy atom. The summed E-state index contributed by atoms with van der Waals surface area (Å²) in [6, 6.07) is 10.2. The molecule has 1 saturated heterocycles. The van der Waals surface area contributed by atoms with Gasteiger partial charge in [0, 0.05) is 18.0 Å². The van der Waals surface area contributed by atoms with Crippen molar-refractivity contribution in [3.05, 3.63) is 35.9 Å². The van der Waals surface area contributed by atoms with Crippen molar-refractivity contribution in [2.75, 3.05) is 13.1 Å². The second-order valence-electron chi connectivity index (χ2n) is 3.33. The first-order valence-corrected chi connectivity index (χ1v) is 4.72. The Bertz CT molecular complexity index is 312. The van der Waals surface area contributed by atoms with Gasteiger partial charge in [-0.25, -0.2) is 0 Å². The topological polar surface area (TPSA) is 12.0 Å². The zero-order valence-corrected chi connectivity index (χ0v) is 7.59. The van der Waals surface area contributed by atoms with Crippen LogP contribution in [-0.4, -0.2) is 13.1 Å². The lowest BCUT2D eigenvalue weighted by molar-refractivity contribution is 0.755. The summed E-state index contributed by atoms with van der Waals surface area (Å²) in [5.41, 5.74) is 1.12. The first kappa shape index (κ1) is 8.34. The first-order valence-electron chi connectivity index (χ1n) is 4.72. The summed E-state index contributed by atoms with van der Waals surface area (Å²) in [5.74, 6) is 7.04. The van der Waals surface area contributed by atoms with Crippen LogP contribution in [0.3, 0.4) is 0 Å². The fraction of sp³-hybridized carbons (Fsp3) is 0.333. The molecule has 1 atom stereocenters. The van der Waals surface area contributed by atoms with E-state index < -0.39 is 0 Å². The lowest BCUT2D eigenvalue weighted by Gasteiger charge is -1.94. The van der Waals surface area contributed by atoms with E-state index in [-0.39, 0.29) is 0 Å². The minimum atomic E-state index is 0.556. The third kappa shape index (κ3) is 2.34. The predicted molar refractivity (Wildman–Crippen MR) is 54.3 cm³/mol. The molecule has 1 aliphatic heterocycles. The number of rotatable bonds is 0. The summed E-state index contributed by atoms with van der Waals surface area (Å²) in [7, 11) is 0. The highest BCUT2D eigenvalue weighted by molar-refractivity contribution is 5.34. The van der Waals surface area contributed by atoms with Crippen LogP contribution in [0.25, 0.3) is 0 Å². The molecule has 1 aliphatic rings. The Hall–Kier alpha value is -1.26. The molecule has 1 heterocycles. The van der Waals surface area contributed by atoms with Crippen molar-refractivity contribution in [3.63, 3.8) is 0 Å². The average Bonchev–Trinajstić information content (AvgIpc) is 2.69. The molecule has 13 heavy (non-hydrogen) atoms. The van der Waals surface area contributed by atoms with E-state index in [1.165, 1.54) is 6.42 Å². The monoisotopic (exact) mass is 171 g/mol. The van der Waals surface area contributed by atoms with Crippen molar-refractivity contribution in [2.45, 2.75) is 6.42 Å². The number of hydrogen-bond acceptors (Lipinski definition) is 1. The third-order valence-electron chi connectivity index (χ3n) is 2.25. The van der Waals surface area contributed by atoms with Crippen LogP contribution in [0.15, 0.2) is 30.3 Å². The Balaban J connectivity index is 2.03. The lowest BCUT2D eigenvalue weighted by atomic mass is 10.1. The highest BCUT2D eigenvalue weighted by atomic mass is 14.9. The third-order valence-corrected chi connectivity index (χ3v) is 2.25. The Morgan fingerprint density at radius 1 is 1.23 bits per heavy atom. The molecule has 1 N–H and O–H groups in total. The molecule has 1 nitrogen and oxygen atoms in total. The van der Waals surface area contributed by atoms with Crippen LogP contribution in [0.4, 0.5) is 0 Å². The Kier molecular flexibility index (Phi) is 2.64. The molecule has 1 heteroatoms. The van der Waals surface area contributed by atoms with Crippen molar-refractivity contribution >= 4 is 0 Å². The minimum Gasteiger partial charge on any atom is -0.315 e. The maximum absolute atomic E-state index is 3.31. The van der Waals surface area contributed by atoms with Gasteiger partial charge < -0.3 is 5.32 Å². The van der Waals surface area contributed by atoms with Gasteiger partial charge in [-0.15, -0.1) is 0 Å². The summed E-state index contributed by atoms with van der Waals surface area (Å²) >= 11 is 0. The lowest BCUT2D eigenvalue weighted by Crippen LogP contribution is -2.07. The van der Waals surface area contributed by atoms with Crippen LogP contribution in [0.2, 0.25) is 0 Å². The van der Waals surface area contributed by atoms with E-state index in [9.17, 15) is 0 Å². The van der Waals surface area contributed by atoms with E-state index in [2.05, 4.69) is 29.3 Å². The van der Waals surface area contributed by atoms with E-state index >= 15 is 0 Å². The number of hydrogen-bond donors (Lipinski definition) is 1. The van der Waals surface area contributed by atoms with Crippen molar-refractivity contribution in [3.8, 4) is 11.8 Å². The zero-order chi connectivity index (χ0) is 8.93. The molecule has 0 saturated carbocycles. The molecule has 0 amide bonds. The molecular weight excluding hydrogens is 158 g/mol.